The number of carboxylic acids is 1. The van der Waals surface area contributed by atoms with Gasteiger partial charge in [0.25, 0.3) is 0 Å². The zero-order valence-electron chi connectivity index (χ0n) is 10.8. The number of rotatable bonds is 4. The minimum Gasteiger partial charge on any atom is -0.480 e. The van der Waals surface area contributed by atoms with E-state index in [1.807, 2.05) is 24.3 Å². The molecule has 1 aromatic heterocycles. The van der Waals surface area contributed by atoms with Crippen molar-refractivity contribution in [1.29, 1.82) is 0 Å². The number of hydrogen-bond donors (Lipinski definition) is 1. The second-order valence-corrected chi connectivity index (χ2v) is 4.99. The number of halogens is 1. The molecule has 2 aromatic rings. The topological polar surface area (TPSA) is 53.4 Å². The number of aromatic nitrogens is 1. The van der Waals surface area contributed by atoms with Crippen molar-refractivity contribution in [3.8, 4) is 0 Å². The number of nitrogens with zero attached hydrogens (tertiary/aromatic N) is 2. The summed E-state index contributed by atoms with van der Waals surface area (Å²) in [6, 6.07) is 6.95. The second-order valence-electron chi connectivity index (χ2n) is 4.55. The summed E-state index contributed by atoms with van der Waals surface area (Å²) in [5.41, 5.74) is 0.852. The van der Waals surface area contributed by atoms with Crippen LogP contribution in [0.25, 0.3) is 10.8 Å². The SMILES string of the molecule is CC(C(=O)O)N(C)Cc1nccc2cc(Cl)ccc12. The number of fused-ring (bicyclic) bond motifs is 1. The fraction of sp³-hybridized carbons (Fsp3) is 0.286. The van der Waals surface area contributed by atoms with Crippen LogP contribution in [0.1, 0.15) is 12.6 Å². The molecule has 0 saturated carbocycles. The molecule has 0 aliphatic rings. The Morgan fingerprint density at radius 3 is 2.89 bits per heavy atom. The van der Waals surface area contributed by atoms with Crippen molar-refractivity contribution in [3.63, 3.8) is 0 Å². The number of pyridine rings is 1. The Labute approximate surface area is 116 Å². The van der Waals surface area contributed by atoms with Crippen molar-refractivity contribution in [2.24, 2.45) is 0 Å². The molecule has 19 heavy (non-hydrogen) atoms. The van der Waals surface area contributed by atoms with Crippen molar-refractivity contribution >= 4 is 28.3 Å². The highest BCUT2D eigenvalue weighted by Gasteiger charge is 2.18. The molecular weight excluding hydrogens is 264 g/mol. The van der Waals surface area contributed by atoms with Crippen molar-refractivity contribution < 1.29 is 9.90 Å². The van der Waals surface area contributed by atoms with Crippen LogP contribution in [-0.4, -0.2) is 34.0 Å². The molecule has 0 spiro atoms. The average molecular weight is 279 g/mol. The monoisotopic (exact) mass is 278 g/mol. The molecule has 2 rings (SSSR count). The van der Waals surface area contributed by atoms with Crippen LogP contribution in [-0.2, 0) is 11.3 Å². The molecule has 0 aliphatic heterocycles. The minimum absolute atomic E-state index is 0.479. The summed E-state index contributed by atoms with van der Waals surface area (Å²) in [5.74, 6) is -0.842. The Bertz CT molecular complexity index is 615. The van der Waals surface area contributed by atoms with Crippen LogP contribution in [0.2, 0.25) is 5.02 Å². The molecule has 1 N–H and O–H groups in total. The van der Waals surface area contributed by atoms with Gasteiger partial charge in [-0.1, -0.05) is 17.7 Å². The van der Waals surface area contributed by atoms with Crippen LogP contribution in [0.5, 0.6) is 0 Å². The Morgan fingerprint density at radius 2 is 2.21 bits per heavy atom. The number of likely N-dealkylation sites (N-methyl/N-ethyl adjacent to an activating group) is 1. The van der Waals surface area contributed by atoms with Gasteiger partial charge in [-0.05, 0) is 37.6 Å². The van der Waals surface area contributed by atoms with Gasteiger partial charge in [0.15, 0.2) is 0 Å². The van der Waals surface area contributed by atoms with Crippen LogP contribution in [0.4, 0.5) is 0 Å². The van der Waals surface area contributed by atoms with Gasteiger partial charge in [-0.2, -0.15) is 0 Å². The third-order valence-corrected chi connectivity index (χ3v) is 3.46. The first-order valence-electron chi connectivity index (χ1n) is 5.95. The molecule has 0 bridgehead atoms. The van der Waals surface area contributed by atoms with Gasteiger partial charge in [0.1, 0.15) is 6.04 Å². The lowest BCUT2D eigenvalue weighted by molar-refractivity contribution is -0.142. The third-order valence-electron chi connectivity index (χ3n) is 3.23. The zero-order valence-corrected chi connectivity index (χ0v) is 11.6. The van der Waals surface area contributed by atoms with E-state index in [9.17, 15) is 4.79 Å². The first-order chi connectivity index (χ1) is 8.99. The number of benzene rings is 1. The molecule has 1 heterocycles. The summed E-state index contributed by atoms with van der Waals surface area (Å²) in [5, 5.41) is 11.7. The van der Waals surface area contributed by atoms with E-state index in [1.54, 1.807) is 25.1 Å². The summed E-state index contributed by atoms with van der Waals surface area (Å²) in [6.07, 6.45) is 1.72. The predicted molar refractivity (Wildman–Crippen MR) is 75.3 cm³/mol. The zero-order chi connectivity index (χ0) is 14.0. The van der Waals surface area contributed by atoms with E-state index < -0.39 is 12.0 Å². The molecule has 1 unspecified atom stereocenters. The van der Waals surface area contributed by atoms with Crippen molar-refractivity contribution in [1.82, 2.24) is 9.88 Å². The molecule has 0 saturated heterocycles. The molecule has 0 radical (unpaired) electrons. The van der Waals surface area contributed by atoms with E-state index >= 15 is 0 Å². The molecule has 0 fully saturated rings. The fourth-order valence-electron chi connectivity index (χ4n) is 1.90. The van der Waals surface area contributed by atoms with Crippen LogP contribution in [0.15, 0.2) is 30.5 Å². The largest absolute Gasteiger partial charge is 0.480 e. The van der Waals surface area contributed by atoms with Gasteiger partial charge in [-0.25, -0.2) is 0 Å². The standard InChI is InChI=1S/C14H15ClN2O2/c1-9(14(18)19)17(2)8-13-12-4-3-11(15)7-10(12)5-6-16-13/h3-7,9H,8H2,1-2H3,(H,18,19). The van der Waals surface area contributed by atoms with E-state index in [-0.39, 0.29) is 0 Å². The van der Waals surface area contributed by atoms with Gasteiger partial charge in [-0.15, -0.1) is 0 Å². The number of aliphatic carboxylic acids is 1. The highest BCUT2D eigenvalue weighted by molar-refractivity contribution is 6.31. The van der Waals surface area contributed by atoms with Gasteiger partial charge in [0.05, 0.1) is 5.69 Å². The maximum absolute atomic E-state index is 11.0. The van der Waals surface area contributed by atoms with E-state index in [4.69, 9.17) is 16.7 Å². The summed E-state index contributed by atoms with van der Waals surface area (Å²) < 4.78 is 0. The highest BCUT2D eigenvalue weighted by atomic mass is 35.5. The maximum Gasteiger partial charge on any atom is 0.320 e. The summed E-state index contributed by atoms with van der Waals surface area (Å²) >= 11 is 5.96. The molecule has 4 nitrogen and oxygen atoms in total. The molecule has 1 atom stereocenters. The Balaban J connectivity index is 2.33. The fourth-order valence-corrected chi connectivity index (χ4v) is 2.08. The molecule has 1 aromatic carbocycles. The Hall–Kier alpha value is -1.65. The Kier molecular flexibility index (Phi) is 4.02. The first kappa shape index (κ1) is 13.8. The molecule has 0 aliphatic carbocycles. The molecular formula is C14H15ClN2O2. The smallest absolute Gasteiger partial charge is 0.320 e. The lowest BCUT2D eigenvalue weighted by Crippen LogP contribution is -2.35. The van der Waals surface area contributed by atoms with E-state index in [0.29, 0.717) is 11.6 Å². The number of hydrogen-bond acceptors (Lipinski definition) is 3. The predicted octanol–water partition coefficient (Wildman–Crippen LogP) is 2.79. The number of carboxylic acid groups (broad SMARTS) is 1. The van der Waals surface area contributed by atoms with Gasteiger partial charge >= 0.3 is 5.97 Å². The summed E-state index contributed by atoms with van der Waals surface area (Å²) in [4.78, 5) is 17.0. The lowest BCUT2D eigenvalue weighted by atomic mass is 10.1. The maximum atomic E-state index is 11.0. The first-order valence-corrected chi connectivity index (χ1v) is 6.33. The quantitative estimate of drug-likeness (QED) is 0.934. The van der Waals surface area contributed by atoms with Gasteiger partial charge in [0.2, 0.25) is 0 Å². The van der Waals surface area contributed by atoms with Crippen molar-refractivity contribution in [3.05, 3.63) is 41.2 Å². The minimum atomic E-state index is -0.842. The van der Waals surface area contributed by atoms with Gasteiger partial charge in [0, 0.05) is 23.2 Å². The second kappa shape index (κ2) is 5.55. The van der Waals surface area contributed by atoms with Crippen LogP contribution >= 0.6 is 11.6 Å². The van der Waals surface area contributed by atoms with E-state index in [0.717, 1.165) is 16.5 Å². The summed E-state index contributed by atoms with van der Waals surface area (Å²) in [7, 11) is 1.77. The van der Waals surface area contributed by atoms with Crippen molar-refractivity contribution in [2.75, 3.05) is 7.05 Å². The van der Waals surface area contributed by atoms with Crippen LogP contribution < -0.4 is 0 Å². The van der Waals surface area contributed by atoms with Gasteiger partial charge < -0.3 is 5.11 Å². The number of carbonyl (C=O) groups is 1. The lowest BCUT2D eigenvalue weighted by Gasteiger charge is -2.21. The third kappa shape index (κ3) is 3.03. The van der Waals surface area contributed by atoms with E-state index in [1.165, 1.54) is 0 Å². The normalized spacial score (nSPS) is 12.8. The average Bonchev–Trinajstić information content (AvgIpc) is 2.37. The molecule has 0 amide bonds. The molecule has 100 valence electrons. The Morgan fingerprint density at radius 1 is 1.47 bits per heavy atom. The summed E-state index contributed by atoms with van der Waals surface area (Å²) in [6.45, 7) is 2.14. The van der Waals surface area contributed by atoms with Crippen LogP contribution in [0.3, 0.4) is 0 Å². The van der Waals surface area contributed by atoms with E-state index in [2.05, 4.69) is 4.98 Å². The molecule has 5 heteroatoms. The van der Waals surface area contributed by atoms with Gasteiger partial charge in [-0.3, -0.25) is 14.7 Å². The van der Waals surface area contributed by atoms with Crippen molar-refractivity contribution in [2.45, 2.75) is 19.5 Å². The van der Waals surface area contributed by atoms with Crippen LogP contribution in [0, 0.1) is 0 Å². The highest BCUT2D eigenvalue weighted by Crippen LogP contribution is 2.22.